The summed E-state index contributed by atoms with van der Waals surface area (Å²) >= 11 is 5.25. The number of ether oxygens (including phenoxy) is 1. The molecule has 0 unspecified atom stereocenters. The highest BCUT2D eigenvalue weighted by molar-refractivity contribution is 7.71. The highest BCUT2D eigenvalue weighted by Gasteiger charge is 2.07. The van der Waals surface area contributed by atoms with Gasteiger partial charge < -0.3 is 9.30 Å². The number of unbranched alkanes of at least 4 members (excludes halogenated alkanes) is 1. The number of aromatic nitrogens is 4. The highest BCUT2D eigenvalue weighted by atomic mass is 32.1. The molecular formula is C12H16N4OS. The molecule has 2 aromatic heterocycles. The molecule has 6 heteroatoms. The Morgan fingerprint density at radius 3 is 2.83 bits per heavy atom. The first-order valence-electron chi connectivity index (χ1n) is 5.87. The van der Waals surface area contributed by atoms with Gasteiger partial charge in [0.2, 0.25) is 0 Å². The fraction of sp³-hybridized carbons (Fsp3) is 0.417. The van der Waals surface area contributed by atoms with E-state index in [1.807, 2.05) is 16.7 Å². The van der Waals surface area contributed by atoms with Crippen LogP contribution >= 0.6 is 12.2 Å². The minimum atomic E-state index is 0.652. The Morgan fingerprint density at radius 1 is 1.33 bits per heavy atom. The summed E-state index contributed by atoms with van der Waals surface area (Å²) in [6, 6.07) is 3.85. The molecule has 2 heterocycles. The first-order chi connectivity index (χ1) is 8.83. The molecule has 2 rings (SSSR count). The number of pyridine rings is 1. The molecule has 1 N–H and O–H groups in total. The summed E-state index contributed by atoms with van der Waals surface area (Å²) in [6.45, 7) is 1.62. The molecule has 96 valence electrons. The van der Waals surface area contributed by atoms with Crippen LogP contribution in [-0.2, 0) is 11.3 Å². The average Bonchev–Trinajstić information content (AvgIpc) is 2.77. The van der Waals surface area contributed by atoms with Crippen molar-refractivity contribution in [3.63, 3.8) is 0 Å². The molecule has 0 radical (unpaired) electrons. The molecule has 0 aromatic carbocycles. The lowest BCUT2D eigenvalue weighted by atomic mass is 10.2. The minimum Gasteiger partial charge on any atom is -0.385 e. The van der Waals surface area contributed by atoms with E-state index in [1.54, 1.807) is 19.5 Å². The lowest BCUT2D eigenvalue weighted by Crippen LogP contribution is -2.02. The standard InChI is InChI=1S/C12H16N4OS/c1-17-9-3-2-8-16-11(14-15-12(16)18)10-4-6-13-7-5-10/h4-7H,2-3,8-9H2,1H3,(H,15,18). The van der Waals surface area contributed by atoms with Crippen LogP contribution in [0.2, 0.25) is 0 Å². The van der Waals surface area contributed by atoms with Gasteiger partial charge in [-0.15, -0.1) is 0 Å². The van der Waals surface area contributed by atoms with Gasteiger partial charge in [-0.05, 0) is 37.2 Å². The van der Waals surface area contributed by atoms with Gasteiger partial charge in [0, 0.05) is 38.2 Å². The zero-order valence-corrected chi connectivity index (χ0v) is 11.1. The Kier molecular flexibility index (Phi) is 4.60. The van der Waals surface area contributed by atoms with Crippen LogP contribution < -0.4 is 0 Å². The van der Waals surface area contributed by atoms with Crippen molar-refractivity contribution in [3.05, 3.63) is 29.3 Å². The fourth-order valence-electron chi connectivity index (χ4n) is 1.76. The van der Waals surface area contributed by atoms with Crippen molar-refractivity contribution in [2.45, 2.75) is 19.4 Å². The number of aromatic amines is 1. The van der Waals surface area contributed by atoms with Gasteiger partial charge in [0.1, 0.15) is 0 Å². The van der Waals surface area contributed by atoms with Gasteiger partial charge in [-0.25, -0.2) is 0 Å². The maximum atomic E-state index is 5.25. The number of nitrogens with one attached hydrogen (secondary N) is 1. The van der Waals surface area contributed by atoms with Crippen molar-refractivity contribution in [1.82, 2.24) is 19.7 Å². The maximum absolute atomic E-state index is 5.25. The first-order valence-corrected chi connectivity index (χ1v) is 6.28. The highest BCUT2D eigenvalue weighted by Crippen LogP contribution is 2.16. The van der Waals surface area contributed by atoms with Gasteiger partial charge in [-0.1, -0.05) is 0 Å². The van der Waals surface area contributed by atoms with Crippen LogP contribution in [0.1, 0.15) is 12.8 Å². The van der Waals surface area contributed by atoms with Gasteiger partial charge in [0.05, 0.1) is 0 Å². The van der Waals surface area contributed by atoms with Crippen molar-refractivity contribution in [2.24, 2.45) is 0 Å². The molecule has 0 bridgehead atoms. The SMILES string of the molecule is COCCCCn1c(-c2ccncc2)n[nH]c1=S. The molecule has 0 saturated heterocycles. The quantitative estimate of drug-likeness (QED) is 0.643. The van der Waals surface area contributed by atoms with Crippen LogP contribution in [0.25, 0.3) is 11.4 Å². The third kappa shape index (κ3) is 3.02. The summed E-state index contributed by atoms with van der Waals surface area (Å²) in [5, 5.41) is 7.11. The van der Waals surface area contributed by atoms with E-state index in [1.165, 1.54) is 0 Å². The molecule has 2 aromatic rings. The number of rotatable bonds is 6. The summed E-state index contributed by atoms with van der Waals surface area (Å²) in [7, 11) is 1.71. The van der Waals surface area contributed by atoms with Gasteiger partial charge in [0.25, 0.3) is 0 Å². The van der Waals surface area contributed by atoms with Crippen LogP contribution in [0.4, 0.5) is 0 Å². The zero-order valence-electron chi connectivity index (χ0n) is 10.3. The van der Waals surface area contributed by atoms with Crippen LogP contribution in [0.3, 0.4) is 0 Å². The van der Waals surface area contributed by atoms with Crippen LogP contribution in [-0.4, -0.2) is 33.5 Å². The third-order valence-corrected chi connectivity index (χ3v) is 2.99. The summed E-state index contributed by atoms with van der Waals surface area (Å²) in [5.74, 6) is 0.861. The van der Waals surface area contributed by atoms with Crippen LogP contribution in [0.5, 0.6) is 0 Å². The Hall–Kier alpha value is -1.53. The monoisotopic (exact) mass is 264 g/mol. The van der Waals surface area contributed by atoms with E-state index in [-0.39, 0.29) is 0 Å². The number of nitrogens with zero attached hydrogens (tertiary/aromatic N) is 3. The van der Waals surface area contributed by atoms with Gasteiger partial charge in [0.15, 0.2) is 10.6 Å². The first kappa shape index (κ1) is 12.9. The van der Waals surface area contributed by atoms with E-state index in [4.69, 9.17) is 17.0 Å². The molecule has 0 aliphatic carbocycles. The zero-order chi connectivity index (χ0) is 12.8. The van der Waals surface area contributed by atoms with E-state index in [0.29, 0.717) is 4.77 Å². The summed E-state index contributed by atoms with van der Waals surface area (Å²) < 4.78 is 7.71. The number of hydrogen-bond acceptors (Lipinski definition) is 4. The van der Waals surface area contributed by atoms with Gasteiger partial charge >= 0.3 is 0 Å². The molecule has 0 atom stereocenters. The second-order valence-corrected chi connectivity index (χ2v) is 4.33. The average molecular weight is 264 g/mol. The molecule has 5 nitrogen and oxygen atoms in total. The Morgan fingerprint density at radius 2 is 2.11 bits per heavy atom. The largest absolute Gasteiger partial charge is 0.385 e. The van der Waals surface area contributed by atoms with Crippen molar-refractivity contribution in [1.29, 1.82) is 0 Å². The van der Waals surface area contributed by atoms with Gasteiger partial charge in [-0.2, -0.15) is 5.10 Å². The Bertz CT molecular complexity index is 535. The smallest absolute Gasteiger partial charge is 0.195 e. The predicted octanol–water partition coefficient (Wildman–Crippen LogP) is 2.43. The molecule has 0 aliphatic heterocycles. The molecular weight excluding hydrogens is 248 g/mol. The summed E-state index contributed by atoms with van der Waals surface area (Å²) in [5.41, 5.74) is 1.02. The molecule has 0 fully saturated rings. The van der Waals surface area contributed by atoms with Crippen molar-refractivity contribution in [3.8, 4) is 11.4 Å². The van der Waals surface area contributed by atoms with E-state index >= 15 is 0 Å². The van der Waals surface area contributed by atoms with Crippen molar-refractivity contribution >= 4 is 12.2 Å². The van der Waals surface area contributed by atoms with Gasteiger partial charge in [-0.3, -0.25) is 10.1 Å². The maximum Gasteiger partial charge on any atom is 0.195 e. The second kappa shape index (κ2) is 6.42. The predicted molar refractivity (Wildman–Crippen MR) is 71.8 cm³/mol. The fourth-order valence-corrected chi connectivity index (χ4v) is 1.99. The van der Waals surface area contributed by atoms with E-state index in [9.17, 15) is 0 Å². The Labute approximate surface area is 111 Å². The van der Waals surface area contributed by atoms with E-state index in [2.05, 4.69) is 15.2 Å². The Balaban J connectivity index is 2.15. The molecule has 0 spiro atoms. The number of hydrogen-bond donors (Lipinski definition) is 1. The normalized spacial score (nSPS) is 10.7. The van der Waals surface area contributed by atoms with Crippen LogP contribution in [0.15, 0.2) is 24.5 Å². The number of methoxy groups -OCH3 is 1. The lowest BCUT2D eigenvalue weighted by molar-refractivity contribution is 0.191. The van der Waals surface area contributed by atoms with Crippen LogP contribution in [0, 0.1) is 4.77 Å². The topological polar surface area (TPSA) is 55.7 Å². The van der Waals surface area contributed by atoms with E-state index in [0.717, 1.165) is 37.4 Å². The molecule has 0 saturated carbocycles. The lowest BCUT2D eigenvalue weighted by Gasteiger charge is -2.06. The van der Waals surface area contributed by atoms with Crippen molar-refractivity contribution in [2.75, 3.05) is 13.7 Å². The van der Waals surface area contributed by atoms with E-state index < -0.39 is 0 Å². The molecule has 0 amide bonds. The summed E-state index contributed by atoms with van der Waals surface area (Å²) in [6.07, 6.45) is 5.53. The minimum absolute atomic E-state index is 0.652. The molecule has 18 heavy (non-hydrogen) atoms. The summed E-state index contributed by atoms with van der Waals surface area (Å²) in [4.78, 5) is 4.00. The number of H-pyrrole nitrogens is 1. The second-order valence-electron chi connectivity index (χ2n) is 3.94. The van der Waals surface area contributed by atoms with Crippen molar-refractivity contribution < 1.29 is 4.74 Å². The third-order valence-electron chi connectivity index (χ3n) is 2.68. The molecule has 0 aliphatic rings.